The SMILES string of the molecule is CC(C)c1ccc(S(=O)(=O)N2CCN(C(C(=O)NC3CC3)c3ccccc3)CC2)cc1. The van der Waals surface area contributed by atoms with Crippen LogP contribution in [0, 0.1) is 0 Å². The van der Waals surface area contributed by atoms with E-state index >= 15 is 0 Å². The molecule has 1 saturated heterocycles. The van der Waals surface area contributed by atoms with Crippen LogP contribution >= 0.6 is 0 Å². The third-order valence-corrected chi connectivity index (χ3v) is 8.02. The number of piperazine rings is 1. The molecule has 1 aliphatic carbocycles. The summed E-state index contributed by atoms with van der Waals surface area (Å²) >= 11 is 0. The van der Waals surface area contributed by atoms with E-state index in [4.69, 9.17) is 0 Å². The van der Waals surface area contributed by atoms with Crippen molar-refractivity contribution in [3.8, 4) is 0 Å². The summed E-state index contributed by atoms with van der Waals surface area (Å²) in [7, 11) is -3.54. The Morgan fingerprint density at radius 1 is 0.903 bits per heavy atom. The minimum absolute atomic E-state index is 0.00859. The van der Waals surface area contributed by atoms with E-state index in [0.29, 0.717) is 37.0 Å². The molecule has 1 saturated carbocycles. The quantitative estimate of drug-likeness (QED) is 0.717. The van der Waals surface area contributed by atoms with E-state index < -0.39 is 16.1 Å². The zero-order valence-corrected chi connectivity index (χ0v) is 19.0. The van der Waals surface area contributed by atoms with Crippen molar-refractivity contribution >= 4 is 15.9 Å². The van der Waals surface area contributed by atoms with Gasteiger partial charge in [-0.2, -0.15) is 4.31 Å². The highest BCUT2D eigenvalue weighted by Gasteiger charge is 2.36. The van der Waals surface area contributed by atoms with Gasteiger partial charge in [-0.3, -0.25) is 9.69 Å². The van der Waals surface area contributed by atoms with E-state index in [1.807, 2.05) is 42.5 Å². The van der Waals surface area contributed by atoms with Crippen molar-refractivity contribution in [2.24, 2.45) is 0 Å². The normalized spacial score (nSPS) is 19.3. The number of rotatable bonds is 7. The summed E-state index contributed by atoms with van der Waals surface area (Å²) in [6.45, 7) is 5.95. The lowest BCUT2D eigenvalue weighted by molar-refractivity contribution is -0.127. The van der Waals surface area contributed by atoms with Gasteiger partial charge in [0.15, 0.2) is 0 Å². The van der Waals surface area contributed by atoms with Gasteiger partial charge in [-0.05, 0) is 42.0 Å². The molecule has 31 heavy (non-hydrogen) atoms. The van der Waals surface area contributed by atoms with E-state index in [9.17, 15) is 13.2 Å². The third kappa shape index (κ3) is 5.00. The van der Waals surface area contributed by atoms with Crippen molar-refractivity contribution in [3.05, 3.63) is 65.7 Å². The molecule has 0 radical (unpaired) electrons. The van der Waals surface area contributed by atoms with Crippen LogP contribution in [0.3, 0.4) is 0 Å². The summed E-state index contributed by atoms with van der Waals surface area (Å²) in [5.41, 5.74) is 2.07. The molecule has 166 valence electrons. The molecule has 1 heterocycles. The summed E-state index contributed by atoms with van der Waals surface area (Å²) < 4.78 is 27.8. The Bertz CT molecular complexity index is 994. The van der Waals surface area contributed by atoms with Gasteiger partial charge in [-0.25, -0.2) is 8.42 Å². The van der Waals surface area contributed by atoms with Gasteiger partial charge in [0.05, 0.1) is 4.90 Å². The summed E-state index contributed by atoms with van der Waals surface area (Å²) in [4.78, 5) is 15.4. The van der Waals surface area contributed by atoms with E-state index in [-0.39, 0.29) is 11.9 Å². The lowest BCUT2D eigenvalue weighted by atomic mass is 10.0. The van der Waals surface area contributed by atoms with Gasteiger partial charge in [-0.15, -0.1) is 0 Å². The Labute approximate surface area is 185 Å². The Balaban J connectivity index is 1.47. The lowest BCUT2D eigenvalue weighted by Crippen LogP contribution is -2.52. The number of nitrogens with zero attached hydrogens (tertiary/aromatic N) is 2. The highest BCUT2D eigenvalue weighted by Crippen LogP contribution is 2.27. The second kappa shape index (κ2) is 9.10. The van der Waals surface area contributed by atoms with Crippen molar-refractivity contribution in [1.82, 2.24) is 14.5 Å². The Kier molecular flexibility index (Phi) is 6.46. The Morgan fingerprint density at radius 2 is 1.52 bits per heavy atom. The molecule has 0 aromatic heterocycles. The molecule has 4 rings (SSSR count). The van der Waals surface area contributed by atoms with Gasteiger partial charge < -0.3 is 5.32 Å². The predicted molar refractivity (Wildman–Crippen MR) is 121 cm³/mol. The Hall–Kier alpha value is -2.22. The topological polar surface area (TPSA) is 69.7 Å². The van der Waals surface area contributed by atoms with E-state index in [1.165, 1.54) is 4.31 Å². The number of hydrogen-bond acceptors (Lipinski definition) is 4. The molecular formula is C24H31N3O3S. The molecule has 1 atom stereocenters. The van der Waals surface area contributed by atoms with Crippen molar-refractivity contribution in [2.45, 2.75) is 49.6 Å². The second-order valence-electron chi connectivity index (χ2n) is 8.76. The Morgan fingerprint density at radius 3 is 2.06 bits per heavy atom. The first-order valence-corrected chi connectivity index (χ1v) is 12.5. The molecule has 1 aliphatic heterocycles. The van der Waals surface area contributed by atoms with Crippen LogP contribution in [0.2, 0.25) is 0 Å². The number of benzene rings is 2. The predicted octanol–water partition coefficient (Wildman–Crippen LogP) is 3.14. The summed E-state index contributed by atoms with van der Waals surface area (Å²) in [5.74, 6) is 0.367. The van der Waals surface area contributed by atoms with Gasteiger partial charge in [0.25, 0.3) is 0 Å². The maximum atomic E-state index is 13.1. The van der Waals surface area contributed by atoms with Gasteiger partial charge in [0.1, 0.15) is 6.04 Å². The van der Waals surface area contributed by atoms with Crippen LogP contribution in [-0.4, -0.2) is 55.8 Å². The number of sulfonamides is 1. The van der Waals surface area contributed by atoms with Crippen LogP contribution in [0.4, 0.5) is 0 Å². The first-order valence-electron chi connectivity index (χ1n) is 11.1. The summed E-state index contributed by atoms with van der Waals surface area (Å²) in [6, 6.07) is 16.8. The number of amides is 1. The van der Waals surface area contributed by atoms with Gasteiger partial charge >= 0.3 is 0 Å². The van der Waals surface area contributed by atoms with Crippen LogP contribution < -0.4 is 5.32 Å². The molecule has 1 amide bonds. The molecule has 2 fully saturated rings. The minimum Gasteiger partial charge on any atom is -0.352 e. The van der Waals surface area contributed by atoms with Crippen molar-refractivity contribution in [3.63, 3.8) is 0 Å². The molecule has 1 unspecified atom stereocenters. The van der Waals surface area contributed by atoms with E-state index in [1.54, 1.807) is 12.1 Å². The number of carbonyl (C=O) groups is 1. The summed E-state index contributed by atoms with van der Waals surface area (Å²) in [6.07, 6.45) is 2.07. The van der Waals surface area contributed by atoms with E-state index in [2.05, 4.69) is 24.1 Å². The third-order valence-electron chi connectivity index (χ3n) is 6.11. The first-order chi connectivity index (χ1) is 14.9. The van der Waals surface area contributed by atoms with Crippen LogP contribution in [0.25, 0.3) is 0 Å². The second-order valence-corrected chi connectivity index (χ2v) is 10.7. The standard InChI is InChI=1S/C24H31N3O3S/c1-18(2)19-8-12-22(13-9-19)31(29,30)27-16-14-26(15-17-27)23(20-6-4-3-5-7-20)24(28)25-21-10-11-21/h3-9,12-13,18,21,23H,10-11,14-17H2,1-2H3,(H,25,28). The lowest BCUT2D eigenvalue weighted by Gasteiger charge is -2.38. The van der Waals surface area contributed by atoms with Gasteiger partial charge in [0, 0.05) is 32.2 Å². The van der Waals surface area contributed by atoms with Gasteiger partial charge in [0.2, 0.25) is 15.9 Å². The van der Waals surface area contributed by atoms with Crippen LogP contribution in [0.1, 0.15) is 49.8 Å². The average Bonchev–Trinajstić information content (AvgIpc) is 3.59. The molecule has 1 N–H and O–H groups in total. The smallest absolute Gasteiger partial charge is 0.243 e. The fraction of sp³-hybridized carbons (Fsp3) is 0.458. The van der Waals surface area contributed by atoms with Crippen molar-refractivity contribution in [1.29, 1.82) is 0 Å². The van der Waals surface area contributed by atoms with Crippen LogP contribution in [-0.2, 0) is 14.8 Å². The first kappa shape index (κ1) is 22.0. The largest absolute Gasteiger partial charge is 0.352 e. The average molecular weight is 442 g/mol. The summed E-state index contributed by atoms with van der Waals surface area (Å²) in [5, 5.41) is 3.12. The fourth-order valence-corrected chi connectivity index (χ4v) is 5.47. The van der Waals surface area contributed by atoms with Crippen molar-refractivity contribution < 1.29 is 13.2 Å². The van der Waals surface area contributed by atoms with Crippen molar-refractivity contribution in [2.75, 3.05) is 26.2 Å². The molecule has 2 aliphatic rings. The van der Waals surface area contributed by atoms with Gasteiger partial charge in [-0.1, -0.05) is 56.3 Å². The molecule has 7 heteroatoms. The molecule has 2 aromatic carbocycles. The molecule has 0 spiro atoms. The highest BCUT2D eigenvalue weighted by atomic mass is 32.2. The number of carbonyl (C=O) groups excluding carboxylic acids is 1. The molecular weight excluding hydrogens is 410 g/mol. The maximum absolute atomic E-state index is 13.1. The van der Waals surface area contributed by atoms with Crippen LogP contribution in [0.15, 0.2) is 59.5 Å². The molecule has 0 bridgehead atoms. The van der Waals surface area contributed by atoms with Crippen LogP contribution in [0.5, 0.6) is 0 Å². The highest BCUT2D eigenvalue weighted by molar-refractivity contribution is 7.89. The van der Waals surface area contributed by atoms with E-state index in [0.717, 1.165) is 24.0 Å². The fourth-order valence-electron chi connectivity index (χ4n) is 4.05. The zero-order chi connectivity index (χ0) is 22.0. The maximum Gasteiger partial charge on any atom is 0.243 e. The number of hydrogen-bond donors (Lipinski definition) is 1. The molecule has 6 nitrogen and oxygen atoms in total. The molecule has 2 aromatic rings. The minimum atomic E-state index is -3.54. The number of nitrogens with one attached hydrogen (secondary N) is 1. The monoisotopic (exact) mass is 441 g/mol. The zero-order valence-electron chi connectivity index (χ0n) is 18.2.